The molecular formula is C21H39NO3Si. The summed E-state index contributed by atoms with van der Waals surface area (Å²) in [5.41, 5.74) is 6.14. The number of hydrogen-bond acceptors (Lipinski definition) is 4. The molecule has 4 nitrogen and oxygen atoms in total. The minimum Gasteiger partial charge on any atom is -0.494 e. The van der Waals surface area contributed by atoms with E-state index in [0.717, 1.165) is 30.8 Å². The van der Waals surface area contributed by atoms with Crippen LogP contribution in [0.25, 0.3) is 0 Å². The normalized spacial score (nSPS) is 12.4. The molecule has 4 N–H and O–H groups in total. The molecule has 0 saturated heterocycles. The lowest BCUT2D eigenvalue weighted by Gasteiger charge is -2.24. The van der Waals surface area contributed by atoms with E-state index in [1.807, 2.05) is 24.3 Å². The highest BCUT2D eigenvalue weighted by Crippen LogP contribution is 2.21. The Labute approximate surface area is 160 Å². The Hall–Kier alpha value is -0.883. The maximum atomic E-state index is 9.23. The van der Waals surface area contributed by atoms with Gasteiger partial charge in [0.05, 0.1) is 25.4 Å². The van der Waals surface area contributed by atoms with Gasteiger partial charge in [0.15, 0.2) is 0 Å². The molecule has 150 valence electrons. The van der Waals surface area contributed by atoms with Crippen LogP contribution in [0.3, 0.4) is 0 Å². The zero-order chi connectivity index (χ0) is 19.5. The van der Waals surface area contributed by atoms with Crippen molar-refractivity contribution in [3.05, 3.63) is 29.8 Å². The van der Waals surface area contributed by atoms with Crippen molar-refractivity contribution >= 4 is 8.07 Å². The van der Waals surface area contributed by atoms with Gasteiger partial charge in [-0.1, -0.05) is 63.5 Å². The molecule has 1 aromatic carbocycles. The molecule has 1 rings (SSSR count). The quantitative estimate of drug-likeness (QED) is 0.337. The van der Waals surface area contributed by atoms with Crippen LogP contribution in [-0.2, 0) is 6.42 Å². The third-order valence-electron chi connectivity index (χ3n) is 5.16. The summed E-state index contributed by atoms with van der Waals surface area (Å²) in [5.74, 6) is 0.901. The standard InChI is InChI=1S/C21H39NO3Si/c1-4-15-26(2,3)16-7-5-6-14-25-20-10-8-19(9-11-20)12-13-21(22,17-23)18-24/h8-11,23-24H,4-7,12-18,22H2,1-3H3. The van der Waals surface area contributed by atoms with Gasteiger partial charge in [0, 0.05) is 8.07 Å². The van der Waals surface area contributed by atoms with Crippen molar-refractivity contribution in [3.8, 4) is 5.75 Å². The third-order valence-corrected chi connectivity index (χ3v) is 8.72. The fourth-order valence-corrected chi connectivity index (χ4v) is 6.04. The predicted octanol–water partition coefficient (Wildman–Crippen LogP) is 3.97. The number of hydrogen-bond donors (Lipinski definition) is 3. The lowest BCUT2D eigenvalue weighted by Crippen LogP contribution is -2.47. The first-order valence-electron chi connectivity index (χ1n) is 10.1. The van der Waals surface area contributed by atoms with Gasteiger partial charge in [-0.15, -0.1) is 0 Å². The molecule has 0 heterocycles. The minimum atomic E-state index is -0.942. The summed E-state index contributed by atoms with van der Waals surface area (Å²) in [4.78, 5) is 0. The van der Waals surface area contributed by atoms with Crippen LogP contribution in [0.1, 0.15) is 44.6 Å². The first kappa shape index (κ1) is 23.2. The lowest BCUT2D eigenvalue weighted by atomic mass is 9.94. The van der Waals surface area contributed by atoms with E-state index in [1.165, 1.54) is 31.4 Å². The maximum Gasteiger partial charge on any atom is 0.119 e. The van der Waals surface area contributed by atoms with Crippen molar-refractivity contribution in [1.29, 1.82) is 0 Å². The van der Waals surface area contributed by atoms with Crippen molar-refractivity contribution in [2.45, 2.75) is 76.2 Å². The Morgan fingerprint density at radius 1 is 1.00 bits per heavy atom. The van der Waals surface area contributed by atoms with E-state index >= 15 is 0 Å². The van der Waals surface area contributed by atoms with E-state index in [2.05, 4.69) is 20.0 Å². The zero-order valence-electron chi connectivity index (χ0n) is 17.0. The van der Waals surface area contributed by atoms with Gasteiger partial charge in [-0.2, -0.15) is 0 Å². The largest absolute Gasteiger partial charge is 0.494 e. The molecule has 0 aliphatic carbocycles. The van der Waals surface area contributed by atoms with Crippen LogP contribution in [0, 0.1) is 0 Å². The summed E-state index contributed by atoms with van der Waals surface area (Å²) in [6, 6.07) is 10.9. The summed E-state index contributed by atoms with van der Waals surface area (Å²) in [6.07, 6.45) is 6.30. The minimum absolute atomic E-state index is 0.206. The average Bonchev–Trinajstić information content (AvgIpc) is 2.63. The fourth-order valence-electron chi connectivity index (χ4n) is 3.23. The molecular weight excluding hydrogens is 342 g/mol. The second-order valence-electron chi connectivity index (χ2n) is 8.40. The lowest BCUT2D eigenvalue weighted by molar-refractivity contribution is 0.115. The van der Waals surface area contributed by atoms with E-state index in [0.29, 0.717) is 6.42 Å². The molecule has 5 heteroatoms. The van der Waals surface area contributed by atoms with E-state index in [4.69, 9.17) is 10.5 Å². The van der Waals surface area contributed by atoms with Gasteiger partial charge in [0.1, 0.15) is 5.75 Å². The van der Waals surface area contributed by atoms with Crippen LogP contribution < -0.4 is 10.5 Å². The smallest absolute Gasteiger partial charge is 0.119 e. The van der Waals surface area contributed by atoms with Crippen molar-refractivity contribution < 1.29 is 14.9 Å². The molecule has 0 aromatic heterocycles. The van der Waals surface area contributed by atoms with Crippen LogP contribution in [0.5, 0.6) is 5.75 Å². The molecule has 0 atom stereocenters. The number of unbranched alkanes of at least 4 members (excludes halogenated alkanes) is 2. The van der Waals surface area contributed by atoms with E-state index in [9.17, 15) is 10.2 Å². The van der Waals surface area contributed by atoms with Gasteiger partial charge in [0.25, 0.3) is 0 Å². The van der Waals surface area contributed by atoms with Crippen molar-refractivity contribution in [1.82, 2.24) is 0 Å². The van der Waals surface area contributed by atoms with Crippen LogP contribution in [-0.4, -0.2) is 43.6 Å². The molecule has 0 unspecified atom stereocenters. The molecule has 0 radical (unpaired) electrons. The van der Waals surface area contributed by atoms with Crippen molar-refractivity contribution in [2.75, 3.05) is 19.8 Å². The molecule has 1 aromatic rings. The molecule has 0 saturated carbocycles. The molecule has 0 amide bonds. The summed E-state index contributed by atoms with van der Waals surface area (Å²) in [7, 11) is -0.942. The van der Waals surface area contributed by atoms with Crippen molar-refractivity contribution in [2.24, 2.45) is 5.73 Å². The number of aliphatic hydroxyl groups excluding tert-OH is 2. The predicted molar refractivity (Wildman–Crippen MR) is 113 cm³/mol. The number of nitrogens with two attached hydrogens (primary N) is 1. The number of aryl methyl sites for hydroxylation is 1. The highest BCUT2D eigenvalue weighted by atomic mass is 28.3. The molecule has 0 fully saturated rings. The Morgan fingerprint density at radius 2 is 1.65 bits per heavy atom. The Balaban J connectivity index is 2.23. The van der Waals surface area contributed by atoms with Crippen LogP contribution in [0.4, 0.5) is 0 Å². The monoisotopic (exact) mass is 381 g/mol. The average molecular weight is 382 g/mol. The second-order valence-corrected chi connectivity index (χ2v) is 13.7. The van der Waals surface area contributed by atoms with Gasteiger partial charge in [-0.3, -0.25) is 0 Å². The number of rotatable bonds is 14. The van der Waals surface area contributed by atoms with Crippen LogP contribution in [0.2, 0.25) is 25.2 Å². The Kier molecular flexibility index (Phi) is 10.5. The topological polar surface area (TPSA) is 75.7 Å². The van der Waals surface area contributed by atoms with E-state index in [-0.39, 0.29) is 13.2 Å². The molecule has 0 aliphatic heterocycles. The van der Waals surface area contributed by atoms with E-state index < -0.39 is 13.6 Å². The molecule has 0 spiro atoms. The zero-order valence-corrected chi connectivity index (χ0v) is 18.0. The van der Waals surface area contributed by atoms with Gasteiger partial charge < -0.3 is 20.7 Å². The van der Waals surface area contributed by atoms with Crippen molar-refractivity contribution in [3.63, 3.8) is 0 Å². The van der Waals surface area contributed by atoms with Crippen LogP contribution in [0.15, 0.2) is 24.3 Å². The van der Waals surface area contributed by atoms with Gasteiger partial charge in [0.2, 0.25) is 0 Å². The van der Waals surface area contributed by atoms with Crippen LogP contribution >= 0.6 is 0 Å². The molecule has 0 aliphatic rings. The molecule has 26 heavy (non-hydrogen) atoms. The summed E-state index contributed by atoms with van der Waals surface area (Å²) >= 11 is 0. The maximum absolute atomic E-state index is 9.23. The summed E-state index contributed by atoms with van der Waals surface area (Å²) < 4.78 is 5.84. The highest BCUT2D eigenvalue weighted by molar-refractivity contribution is 6.77. The fraction of sp³-hybridized carbons (Fsp3) is 0.714. The number of aliphatic hydroxyl groups is 2. The summed E-state index contributed by atoms with van der Waals surface area (Å²) in [5, 5.41) is 18.5. The molecule has 0 bridgehead atoms. The first-order valence-corrected chi connectivity index (χ1v) is 13.5. The number of ether oxygens (including phenoxy) is 1. The SMILES string of the molecule is CCC[Si](C)(C)CCCCCOc1ccc(CCC(N)(CO)CO)cc1. The van der Waals surface area contributed by atoms with Gasteiger partial charge >= 0.3 is 0 Å². The highest BCUT2D eigenvalue weighted by Gasteiger charge is 2.22. The first-order chi connectivity index (χ1) is 12.3. The van der Waals surface area contributed by atoms with Gasteiger partial charge in [-0.25, -0.2) is 0 Å². The number of benzene rings is 1. The Bertz CT molecular complexity index is 487. The van der Waals surface area contributed by atoms with Gasteiger partial charge in [-0.05, 0) is 37.0 Å². The second kappa shape index (κ2) is 11.8. The third kappa shape index (κ3) is 9.17. The van der Waals surface area contributed by atoms with E-state index in [1.54, 1.807) is 0 Å². The summed E-state index contributed by atoms with van der Waals surface area (Å²) in [6.45, 7) is 7.66. The Morgan fingerprint density at radius 3 is 2.23 bits per heavy atom.